The minimum atomic E-state index is -0.223. The molecule has 32 heavy (non-hydrogen) atoms. The summed E-state index contributed by atoms with van der Waals surface area (Å²) >= 11 is 0. The van der Waals surface area contributed by atoms with Crippen LogP contribution in [0.15, 0.2) is 106 Å². The van der Waals surface area contributed by atoms with Gasteiger partial charge in [0, 0.05) is 0 Å². The Morgan fingerprint density at radius 3 is 1.88 bits per heavy atom. The topological polar surface area (TPSA) is 40.5 Å². The number of hydrogen-bond donors (Lipinski definition) is 2. The first-order valence-electron chi connectivity index (χ1n) is 11.4. The summed E-state index contributed by atoms with van der Waals surface area (Å²) in [5.41, 5.74) is 7.11. The molecule has 0 saturated heterocycles. The van der Waals surface area contributed by atoms with Gasteiger partial charge in [0.1, 0.15) is 0 Å². The average molecular weight is 435 g/mol. The lowest BCUT2D eigenvalue weighted by molar-refractivity contribution is 0.116. The van der Waals surface area contributed by atoms with Crippen molar-refractivity contribution in [2.45, 2.75) is 67.4 Å². The maximum atomic E-state index is 10.0. The molecule has 0 spiro atoms. The molecule has 2 nitrogen and oxygen atoms in total. The molecule has 0 aromatic heterocycles. The second-order valence-corrected chi connectivity index (χ2v) is 9.48. The molecule has 1 aliphatic rings. The van der Waals surface area contributed by atoms with E-state index in [-0.39, 0.29) is 18.1 Å². The quantitative estimate of drug-likeness (QED) is 0.369. The lowest BCUT2D eigenvalue weighted by atomic mass is 9.71. The molecule has 0 unspecified atom stereocenters. The van der Waals surface area contributed by atoms with Crippen molar-refractivity contribution in [3.8, 4) is 0 Å². The molecule has 0 aliphatic heterocycles. The normalized spacial score (nSPS) is 21.8. The second kappa shape index (κ2) is 13.9. The van der Waals surface area contributed by atoms with E-state index in [9.17, 15) is 5.11 Å². The van der Waals surface area contributed by atoms with E-state index in [0.29, 0.717) is 0 Å². The molecule has 2 N–H and O–H groups in total. The van der Waals surface area contributed by atoms with Gasteiger partial charge in [0.2, 0.25) is 0 Å². The predicted molar refractivity (Wildman–Crippen MR) is 140 cm³/mol. The zero-order valence-electron chi connectivity index (χ0n) is 21.0. The highest BCUT2D eigenvalue weighted by atomic mass is 16.3. The van der Waals surface area contributed by atoms with Gasteiger partial charge in [-0.2, -0.15) is 0 Å². The fourth-order valence-electron chi connectivity index (χ4n) is 3.74. The van der Waals surface area contributed by atoms with Gasteiger partial charge in [0.25, 0.3) is 0 Å². The summed E-state index contributed by atoms with van der Waals surface area (Å²) in [5, 5.41) is 19.0. The summed E-state index contributed by atoms with van der Waals surface area (Å²) in [6.07, 6.45) is 26.2. The highest BCUT2D eigenvalue weighted by Gasteiger charge is 2.31. The molecule has 0 bridgehead atoms. The van der Waals surface area contributed by atoms with Gasteiger partial charge in [-0.15, -0.1) is 0 Å². The molecule has 0 amide bonds. The van der Waals surface area contributed by atoms with E-state index in [4.69, 9.17) is 5.11 Å². The average Bonchev–Trinajstić information content (AvgIpc) is 2.69. The van der Waals surface area contributed by atoms with Crippen LogP contribution in [-0.2, 0) is 0 Å². The summed E-state index contributed by atoms with van der Waals surface area (Å²) < 4.78 is 0. The van der Waals surface area contributed by atoms with Gasteiger partial charge >= 0.3 is 0 Å². The Bertz CT molecular complexity index is 893. The van der Waals surface area contributed by atoms with Crippen LogP contribution < -0.4 is 0 Å². The van der Waals surface area contributed by atoms with Gasteiger partial charge in [0.15, 0.2) is 0 Å². The first-order valence-corrected chi connectivity index (χ1v) is 11.4. The summed E-state index contributed by atoms with van der Waals surface area (Å²) in [4.78, 5) is 0. The van der Waals surface area contributed by atoms with E-state index < -0.39 is 0 Å². The van der Waals surface area contributed by atoms with Crippen LogP contribution in [0, 0.1) is 5.41 Å². The molecule has 0 aromatic carbocycles. The van der Waals surface area contributed by atoms with Crippen molar-refractivity contribution in [1.29, 1.82) is 0 Å². The number of rotatable bonds is 9. The van der Waals surface area contributed by atoms with E-state index >= 15 is 0 Å². The predicted octanol–water partition coefficient (Wildman–Crippen LogP) is 7.49. The van der Waals surface area contributed by atoms with Crippen molar-refractivity contribution in [3.05, 3.63) is 106 Å². The smallest absolute Gasteiger partial charge is 0.0642 e. The van der Waals surface area contributed by atoms with E-state index in [0.717, 1.165) is 24.0 Å². The fraction of sp³-hybridized carbons (Fsp3) is 0.400. The minimum absolute atomic E-state index is 0.0116. The Morgan fingerprint density at radius 1 is 0.844 bits per heavy atom. The number of hydrogen-bond acceptors (Lipinski definition) is 2. The van der Waals surface area contributed by atoms with E-state index in [2.05, 4.69) is 84.1 Å². The first-order chi connectivity index (χ1) is 15.0. The Kier molecular flexibility index (Phi) is 12.0. The lowest BCUT2D eigenvalue weighted by Crippen LogP contribution is -2.28. The SMILES string of the molecule is CC1=C(/C=C/C(C)=C/C=C/C(C)=C\C=C\C=C(C)/C=C/C=C(\C)CO)C(C)(C)C[C@H](O)C1. The van der Waals surface area contributed by atoms with Crippen LogP contribution in [0.3, 0.4) is 0 Å². The largest absolute Gasteiger partial charge is 0.393 e. The van der Waals surface area contributed by atoms with Crippen molar-refractivity contribution in [2.24, 2.45) is 5.41 Å². The van der Waals surface area contributed by atoms with Gasteiger partial charge in [-0.1, -0.05) is 109 Å². The van der Waals surface area contributed by atoms with Gasteiger partial charge in [-0.25, -0.2) is 0 Å². The molecule has 0 saturated carbocycles. The molecular formula is C30H42O2. The van der Waals surface area contributed by atoms with Gasteiger partial charge in [-0.05, 0) is 64.0 Å². The maximum Gasteiger partial charge on any atom is 0.0642 e. The third-order valence-corrected chi connectivity index (χ3v) is 5.53. The summed E-state index contributed by atoms with van der Waals surface area (Å²) in [5.74, 6) is 0. The lowest BCUT2D eigenvalue weighted by Gasteiger charge is -2.35. The molecule has 1 rings (SSSR count). The highest BCUT2D eigenvalue weighted by Crippen LogP contribution is 2.41. The van der Waals surface area contributed by atoms with E-state index in [1.807, 2.05) is 37.3 Å². The van der Waals surface area contributed by atoms with Crippen LogP contribution >= 0.6 is 0 Å². The minimum Gasteiger partial charge on any atom is -0.393 e. The van der Waals surface area contributed by atoms with Crippen molar-refractivity contribution in [3.63, 3.8) is 0 Å². The molecule has 2 heteroatoms. The number of aliphatic hydroxyl groups excluding tert-OH is 2. The number of aliphatic hydroxyl groups is 2. The monoisotopic (exact) mass is 434 g/mol. The zero-order valence-corrected chi connectivity index (χ0v) is 21.0. The standard InChI is InChI=1S/C30H42O2/c1-23(12-8-9-13-24(2)15-11-17-26(4)22-31)14-10-16-25(3)18-19-29-27(5)20-28(32)21-30(29,6)7/h8-19,28,31-32H,20-22H2,1-7H3/b9-8+,14-10+,15-11+,19-18+,23-12-,24-13-,25-16+,26-17+/t28-/m1/s1. The molecule has 1 atom stereocenters. The third kappa shape index (κ3) is 10.7. The molecule has 0 aromatic rings. The molecule has 0 radical (unpaired) electrons. The number of allylic oxidation sites excluding steroid dienone is 16. The maximum absolute atomic E-state index is 10.0. The first kappa shape index (κ1) is 27.6. The molecule has 174 valence electrons. The van der Waals surface area contributed by atoms with Crippen molar-refractivity contribution < 1.29 is 10.2 Å². The van der Waals surface area contributed by atoms with Gasteiger partial charge in [-0.3, -0.25) is 0 Å². The van der Waals surface area contributed by atoms with Crippen LogP contribution in [0.4, 0.5) is 0 Å². The second-order valence-electron chi connectivity index (χ2n) is 9.48. The van der Waals surface area contributed by atoms with Crippen molar-refractivity contribution in [1.82, 2.24) is 0 Å². The summed E-state index contributed by atoms with van der Waals surface area (Å²) in [6, 6.07) is 0. The molecule has 0 fully saturated rings. The Labute approximate surface area is 196 Å². The Hall–Kier alpha value is -2.42. The fourth-order valence-corrected chi connectivity index (χ4v) is 3.74. The van der Waals surface area contributed by atoms with Crippen molar-refractivity contribution >= 4 is 0 Å². The van der Waals surface area contributed by atoms with Crippen LogP contribution in [0.1, 0.15) is 61.3 Å². The third-order valence-electron chi connectivity index (χ3n) is 5.53. The van der Waals surface area contributed by atoms with Crippen LogP contribution in [0.25, 0.3) is 0 Å². The van der Waals surface area contributed by atoms with E-state index in [1.54, 1.807) is 0 Å². The van der Waals surface area contributed by atoms with Crippen LogP contribution in [0.2, 0.25) is 0 Å². The highest BCUT2D eigenvalue weighted by molar-refractivity contribution is 5.38. The van der Waals surface area contributed by atoms with Gasteiger partial charge < -0.3 is 10.2 Å². The Morgan fingerprint density at radius 2 is 1.34 bits per heavy atom. The zero-order chi connectivity index (χ0) is 24.1. The molecular weight excluding hydrogens is 392 g/mol. The van der Waals surface area contributed by atoms with Gasteiger partial charge in [0.05, 0.1) is 12.7 Å². The summed E-state index contributed by atoms with van der Waals surface area (Å²) in [6.45, 7) is 14.8. The Balaban J connectivity index is 2.67. The van der Waals surface area contributed by atoms with E-state index in [1.165, 1.54) is 22.3 Å². The van der Waals surface area contributed by atoms with Crippen molar-refractivity contribution in [2.75, 3.05) is 6.61 Å². The molecule has 0 heterocycles. The molecule has 1 aliphatic carbocycles. The summed E-state index contributed by atoms with van der Waals surface area (Å²) in [7, 11) is 0. The van der Waals surface area contributed by atoms with Crippen LogP contribution in [0.5, 0.6) is 0 Å². The van der Waals surface area contributed by atoms with Crippen LogP contribution in [-0.4, -0.2) is 22.9 Å².